The Kier molecular flexibility index (Phi) is 7.97. The molecule has 6 nitrogen and oxygen atoms in total. The molecule has 0 saturated heterocycles. The van der Waals surface area contributed by atoms with Crippen LogP contribution in [0.3, 0.4) is 0 Å². The molecule has 0 saturated carbocycles. The number of rotatable bonds is 9. The molecule has 1 amide bonds. The van der Waals surface area contributed by atoms with E-state index in [1.54, 1.807) is 31.4 Å². The standard InChI is InChI=1S/C34H30FN3O3S/c1-40-27-15-9-24(10-16-27)30-19-32(25-11-17-28(41-2)18-12-25)38(36-30)34(39)22-42-33-21-37(31-6-4-3-5-29(31)33)20-23-7-13-26(35)14-8-23/h3-18,21,32H,19-20,22H2,1-2H3/t32-/m0/s1. The summed E-state index contributed by atoms with van der Waals surface area (Å²) < 4.78 is 26.2. The first-order valence-corrected chi connectivity index (χ1v) is 14.6. The molecule has 8 heteroatoms. The Bertz CT molecular complexity index is 1730. The minimum Gasteiger partial charge on any atom is -0.497 e. The highest BCUT2D eigenvalue weighted by Gasteiger charge is 2.33. The van der Waals surface area contributed by atoms with Crippen molar-refractivity contribution >= 4 is 34.3 Å². The number of amides is 1. The van der Waals surface area contributed by atoms with Gasteiger partial charge in [0.1, 0.15) is 17.3 Å². The van der Waals surface area contributed by atoms with Gasteiger partial charge in [0.2, 0.25) is 0 Å². The van der Waals surface area contributed by atoms with Crippen molar-refractivity contribution in [3.63, 3.8) is 0 Å². The van der Waals surface area contributed by atoms with Gasteiger partial charge in [-0.3, -0.25) is 4.79 Å². The lowest BCUT2D eigenvalue weighted by Gasteiger charge is -2.22. The molecule has 0 spiro atoms. The van der Waals surface area contributed by atoms with Gasteiger partial charge in [0, 0.05) is 35.0 Å². The number of hydrogen-bond acceptors (Lipinski definition) is 5. The molecule has 5 aromatic rings. The van der Waals surface area contributed by atoms with Crippen molar-refractivity contribution in [1.82, 2.24) is 9.58 Å². The van der Waals surface area contributed by atoms with Gasteiger partial charge < -0.3 is 14.0 Å². The summed E-state index contributed by atoms with van der Waals surface area (Å²) in [5.74, 6) is 1.44. The number of halogens is 1. The average molecular weight is 580 g/mol. The number of ether oxygens (including phenoxy) is 2. The molecule has 6 rings (SSSR count). The Morgan fingerprint density at radius 3 is 2.26 bits per heavy atom. The van der Waals surface area contributed by atoms with Crippen molar-refractivity contribution in [1.29, 1.82) is 0 Å². The number of carbonyl (C=O) groups is 1. The number of hydrazone groups is 1. The zero-order valence-electron chi connectivity index (χ0n) is 23.4. The van der Waals surface area contributed by atoms with Crippen molar-refractivity contribution < 1.29 is 18.7 Å². The zero-order valence-corrected chi connectivity index (χ0v) is 24.2. The Balaban J connectivity index is 1.25. The van der Waals surface area contributed by atoms with E-state index in [4.69, 9.17) is 14.6 Å². The van der Waals surface area contributed by atoms with Gasteiger partial charge in [0.05, 0.1) is 31.7 Å². The van der Waals surface area contributed by atoms with Crippen LogP contribution in [0.5, 0.6) is 11.5 Å². The van der Waals surface area contributed by atoms with Crippen LogP contribution in [0, 0.1) is 5.82 Å². The largest absolute Gasteiger partial charge is 0.497 e. The van der Waals surface area contributed by atoms with Gasteiger partial charge in [0.15, 0.2) is 0 Å². The molecule has 1 aliphatic rings. The van der Waals surface area contributed by atoms with Crippen LogP contribution >= 0.6 is 11.8 Å². The van der Waals surface area contributed by atoms with Crippen LogP contribution in [-0.2, 0) is 11.3 Å². The van der Waals surface area contributed by atoms with E-state index >= 15 is 0 Å². The lowest BCUT2D eigenvalue weighted by atomic mass is 9.98. The predicted molar refractivity (Wildman–Crippen MR) is 165 cm³/mol. The molecule has 0 fully saturated rings. The molecule has 0 radical (unpaired) electrons. The molecule has 42 heavy (non-hydrogen) atoms. The number of aromatic nitrogens is 1. The van der Waals surface area contributed by atoms with Crippen LogP contribution < -0.4 is 9.47 Å². The van der Waals surface area contributed by atoms with Gasteiger partial charge in [-0.05, 0) is 71.3 Å². The second kappa shape index (κ2) is 12.1. The van der Waals surface area contributed by atoms with Crippen molar-refractivity contribution in [2.24, 2.45) is 5.10 Å². The fourth-order valence-corrected chi connectivity index (χ4v) is 6.18. The summed E-state index contributed by atoms with van der Waals surface area (Å²) in [6.45, 7) is 0.608. The second-order valence-electron chi connectivity index (χ2n) is 10.1. The highest BCUT2D eigenvalue weighted by Crippen LogP contribution is 2.36. The van der Waals surface area contributed by atoms with Gasteiger partial charge in [-0.2, -0.15) is 5.10 Å². The minimum absolute atomic E-state index is 0.0697. The van der Waals surface area contributed by atoms with Crippen LogP contribution in [0.4, 0.5) is 4.39 Å². The summed E-state index contributed by atoms with van der Waals surface area (Å²) in [4.78, 5) is 14.8. The first-order valence-electron chi connectivity index (χ1n) is 13.7. The molecule has 1 atom stereocenters. The maximum atomic E-state index is 13.8. The molecule has 2 heterocycles. The molecule has 212 valence electrons. The smallest absolute Gasteiger partial charge is 0.253 e. The third-order valence-electron chi connectivity index (χ3n) is 7.46. The minimum atomic E-state index is -0.251. The van der Waals surface area contributed by atoms with E-state index in [-0.39, 0.29) is 23.5 Å². The van der Waals surface area contributed by atoms with E-state index in [2.05, 4.69) is 22.9 Å². The van der Waals surface area contributed by atoms with Crippen LogP contribution in [-0.4, -0.2) is 41.2 Å². The Hall–Kier alpha value is -4.56. The van der Waals surface area contributed by atoms with Crippen LogP contribution in [0.15, 0.2) is 113 Å². The molecule has 0 unspecified atom stereocenters. The summed E-state index contributed by atoms with van der Waals surface area (Å²) in [6, 6.07) is 30.0. The number of benzene rings is 4. The average Bonchev–Trinajstić information content (AvgIpc) is 3.64. The SMILES string of the molecule is COc1ccc(C2=NN(C(=O)CSc3cn(Cc4ccc(F)cc4)c4ccccc34)[C@H](c3ccc(OC)cc3)C2)cc1. The monoisotopic (exact) mass is 579 g/mol. The summed E-state index contributed by atoms with van der Waals surface area (Å²) in [5.41, 5.74) is 4.88. The third kappa shape index (κ3) is 5.76. The molecular weight excluding hydrogens is 549 g/mol. The van der Waals surface area contributed by atoms with E-state index in [0.717, 1.165) is 49.7 Å². The number of para-hydroxylation sites is 1. The Morgan fingerprint density at radius 1 is 0.905 bits per heavy atom. The fourth-order valence-electron chi connectivity index (χ4n) is 5.23. The summed E-state index contributed by atoms with van der Waals surface area (Å²) in [5, 5.41) is 7.54. The first-order chi connectivity index (χ1) is 20.5. The van der Waals surface area contributed by atoms with Crippen molar-refractivity contribution in [2.45, 2.75) is 23.9 Å². The summed E-state index contributed by atoms with van der Waals surface area (Å²) in [6.07, 6.45) is 2.68. The molecule has 0 bridgehead atoms. The van der Waals surface area contributed by atoms with Crippen molar-refractivity contribution in [2.75, 3.05) is 20.0 Å². The maximum absolute atomic E-state index is 13.8. The quantitative estimate of drug-likeness (QED) is 0.172. The molecule has 0 N–H and O–H groups in total. The second-order valence-corrected chi connectivity index (χ2v) is 11.1. The molecular formula is C34H30FN3O3S. The van der Waals surface area contributed by atoms with E-state index < -0.39 is 0 Å². The Labute approximate surface area is 248 Å². The van der Waals surface area contributed by atoms with E-state index in [1.165, 1.54) is 23.9 Å². The number of methoxy groups -OCH3 is 2. The summed E-state index contributed by atoms with van der Waals surface area (Å²) >= 11 is 1.51. The lowest BCUT2D eigenvalue weighted by molar-refractivity contribution is -0.130. The predicted octanol–water partition coefficient (Wildman–Crippen LogP) is 7.32. The van der Waals surface area contributed by atoms with E-state index in [1.807, 2.05) is 60.7 Å². The van der Waals surface area contributed by atoms with Gasteiger partial charge in [-0.1, -0.05) is 42.5 Å². The van der Waals surface area contributed by atoms with Gasteiger partial charge >= 0.3 is 0 Å². The molecule has 1 aromatic heterocycles. The van der Waals surface area contributed by atoms with Crippen LogP contribution in [0.1, 0.15) is 29.2 Å². The number of thioether (sulfide) groups is 1. The van der Waals surface area contributed by atoms with Crippen LogP contribution in [0.2, 0.25) is 0 Å². The normalized spacial score (nSPS) is 14.7. The van der Waals surface area contributed by atoms with Gasteiger partial charge in [-0.15, -0.1) is 11.8 Å². The van der Waals surface area contributed by atoms with E-state index in [0.29, 0.717) is 13.0 Å². The highest BCUT2D eigenvalue weighted by molar-refractivity contribution is 8.00. The number of hydrogen-bond donors (Lipinski definition) is 0. The van der Waals surface area contributed by atoms with Gasteiger partial charge in [0.25, 0.3) is 5.91 Å². The Morgan fingerprint density at radius 2 is 1.57 bits per heavy atom. The molecule has 0 aliphatic carbocycles. The molecule has 1 aliphatic heterocycles. The van der Waals surface area contributed by atoms with E-state index in [9.17, 15) is 9.18 Å². The van der Waals surface area contributed by atoms with Crippen molar-refractivity contribution in [3.05, 3.63) is 126 Å². The number of nitrogens with zero attached hydrogens (tertiary/aromatic N) is 3. The molecule has 4 aromatic carbocycles. The summed E-state index contributed by atoms with van der Waals surface area (Å²) in [7, 11) is 3.28. The van der Waals surface area contributed by atoms with Gasteiger partial charge in [-0.25, -0.2) is 9.40 Å². The maximum Gasteiger partial charge on any atom is 0.253 e. The number of fused-ring (bicyclic) bond motifs is 1. The topological polar surface area (TPSA) is 56.1 Å². The number of carbonyl (C=O) groups excluding carboxylic acids is 1. The lowest BCUT2D eigenvalue weighted by Crippen LogP contribution is -2.28. The first kappa shape index (κ1) is 27.6. The van der Waals surface area contributed by atoms with Crippen LogP contribution in [0.25, 0.3) is 10.9 Å². The fraction of sp³-hybridized carbons (Fsp3) is 0.176. The highest BCUT2D eigenvalue weighted by atomic mass is 32.2. The zero-order chi connectivity index (χ0) is 29.1. The third-order valence-corrected chi connectivity index (χ3v) is 8.49. The van der Waals surface area contributed by atoms with Crippen molar-refractivity contribution in [3.8, 4) is 11.5 Å².